The molecular formula is C18H17FN2. The summed E-state index contributed by atoms with van der Waals surface area (Å²) in [7, 11) is 0. The largest absolute Gasteiger partial charge is 0.306 e. The third kappa shape index (κ3) is 2.65. The minimum atomic E-state index is -0.281. The third-order valence-electron chi connectivity index (χ3n) is 3.66. The van der Waals surface area contributed by atoms with Gasteiger partial charge in [-0.25, -0.2) is 4.39 Å². The van der Waals surface area contributed by atoms with Crippen molar-refractivity contribution >= 4 is 10.8 Å². The van der Waals surface area contributed by atoms with Crippen molar-refractivity contribution < 1.29 is 4.39 Å². The second-order valence-corrected chi connectivity index (χ2v) is 4.96. The number of halogens is 1. The molecule has 0 aliphatic heterocycles. The molecule has 0 bridgehead atoms. The van der Waals surface area contributed by atoms with Gasteiger partial charge in [-0.05, 0) is 28.9 Å². The standard InChI is InChI=1S/C18H17FN2/c1-2-21-18(16-10-11-20-12-17(16)19)15-9-5-7-13-6-3-4-8-14(13)15/h3-12,18,21H,2H2,1H3. The van der Waals surface area contributed by atoms with Crippen LogP contribution in [0.1, 0.15) is 24.1 Å². The Hall–Kier alpha value is -2.26. The fourth-order valence-corrected chi connectivity index (χ4v) is 2.71. The molecule has 1 N–H and O–H groups in total. The lowest BCUT2D eigenvalue weighted by atomic mass is 9.94. The summed E-state index contributed by atoms with van der Waals surface area (Å²) in [6.07, 6.45) is 2.90. The van der Waals surface area contributed by atoms with Crippen LogP contribution in [-0.4, -0.2) is 11.5 Å². The Morgan fingerprint density at radius 2 is 1.86 bits per heavy atom. The van der Waals surface area contributed by atoms with Crippen LogP contribution in [0.3, 0.4) is 0 Å². The molecule has 0 aliphatic rings. The van der Waals surface area contributed by atoms with Gasteiger partial charge in [-0.3, -0.25) is 4.98 Å². The predicted molar refractivity (Wildman–Crippen MR) is 83.7 cm³/mol. The maximum absolute atomic E-state index is 14.1. The molecular weight excluding hydrogens is 263 g/mol. The van der Waals surface area contributed by atoms with Crippen molar-refractivity contribution in [3.05, 3.63) is 77.9 Å². The van der Waals surface area contributed by atoms with E-state index >= 15 is 0 Å². The van der Waals surface area contributed by atoms with Crippen LogP contribution in [0, 0.1) is 5.82 Å². The topological polar surface area (TPSA) is 24.9 Å². The van der Waals surface area contributed by atoms with Gasteiger partial charge < -0.3 is 5.32 Å². The minimum Gasteiger partial charge on any atom is -0.306 e. The summed E-state index contributed by atoms with van der Waals surface area (Å²) in [6.45, 7) is 2.78. The van der Waals surface area contributed by atoms with Crippen LogP contribution in [0.4, 0.5) is 4.39 Å². The Morgan fingerprint density at radius 3 is 2.67 bits per heavy atom. The van der Waals surface area contributed by atoms with Crippen LogP contribution in [0.25, 0.3) is 10.8 Å². The first-order valence-electron chi connectivity index (χ1n) is 7.11. The van der Waals surface area contributed by atoms with Crippen molar-refractivity contribution in [1.82, 2.24) is 10.3 Å². The van der Waals surface area contributed by atoms with E-state index in [1.807, 2.05) is 25.1 Å². The van der Waals surface area contributed by atoms with E-state index in [-0.39, 0.29) is 11.9 Å². The predicted octanol–water partition coefficient (Wildman–Crippen LogP) is 4.07. The number of aromatic nitrogens is 1. The average molecular weight is 280 g/mol. The highest BCUT2D eigenvalue weighted by Gasteiger charge is 2.18. The van der Waals surface area contributed by atoms with E-state index < -0.39 is 0 Å². The number of hydrogen-bond donors (Lipinski definition) is 1. The molecule has 2 aromatic carbocycles. The molecule has 1 atom stereocenters. The zero-order chi connectivity index (χ0) is 14.7. The molecule has 3 rings (SSSR count). The Labute approximate surface area is 123 Å². The van der Waals surface area contributed by atoms with E-state index in [0.29, 0.717) is 5.56 Å². The SMILES string of the molecule is CCNC(c1ccncc1F)c1cccc2ccccc12. The number of hydrogen-bond acceptors (Lipinski definition) is 2. The number of benzene rings is 2. The number of nitrogens with one attached hydrogen (secondary N) is 1. The van der Waals surface area contributed by atoms with E-state index in [9.17, 15) is 4.39 Å². The monoisotopic (exact) mass is 280 g/mol. The fraction of sp³-hybridized carbons (Fsp3) is 0.167. The Morgan fingerprint density at radius 1 is 1.05 bits per heavy atom. The molecule has 0 spiro atoms. The maximum Gasteiger partial charge on any atom is 0.146 e. The van der Waals surface area contributed by atoms with Crippen LogP contribution >= 0.6 is 0 Å². The van der Waals surface area contributed by atoms with Crippen molar-refractivity contribution in [2.24, 2.45) is 0 Å². The van der Waals surface area contributed by atoms with Crippen LogP contribution in [0.15, 0.2) is 60.9 Å². The molecule has 2 nitrogen and oxygen atoms in total. The fourth-order valence-electron chi connectivity index (χ4n) is 2.71. The van der Waals surface area contributed by atoms with Crippen molar-refractivity contribution in [3.8, 4) is 0 Å². The summed E-state index contributed by atoms with van der Waals surface area (Å²) in [5.41, 5.74) is 1.71. The molecule has 0 aliphatic carbocycles. The highest BCUT2D eigenvalue weighted by Crippen LogP contribution is 2.29. The molecule has 0 radical (unpaired) electrons. The molecule has 3 heteroatoms. The number of nitrogens with zero attached hydrogens (tertiary/aromatic N) is 1. The van der Waals surface area contributed by atoms with Crippen LogP contribution < -0.4 is 5.32 Å². The summed E-state index contributed by atoms with van der Waals surface area (Å²) >= 11 is 0. The molecule has 1 aromatic heterocycles. The average Bonchev–Trinajstić information content (AvgIpc) is 2.53. The second-order valence-electron chi connectivity index (χ2n) is 4.96. The molecule has 0 saturated heterocycles. The lowest BCUT2D eigenvalue weighted by molar-refractivity contribution is 0.556. The van der Waals surface area contributed by atoms with Crippen LogP contribution in [-0.2, 0) is 0 Å². The van der Waals surface area contributed by atoms with Crippen LogP contribution in [0.2, 0.25) is 0 Å². The van der Waals surface area contributed by atoms with Gasteiger partial charge in [0.1, 0.15) is 5.82 Å². The van der Waals surface area contributed by atoms with E-state index in [1.54, 1.807) is 12.3 Å². The number of rotatable bonds is 4. The van der Waals surface area contributed by atoms with Gasteiger partial charge in [0.2, 0.25) is 0 Å². The van der Waals surface area contributed by atoms with Crippen molar-refractivity contribution in [2.45, 2.75) is 13.0 Å². The first-order chi connectivity index (χ1) is 10.3. The van der Waals surface area contributed by atoms with Gasteiger partial charge in [0.05, 0.1) is 12.2 Å². The van der Waals surface area contributed by atoms with Gasteiger partial charge in [0.15, 0.2) is 0 Å². The van der Waals surface area contributed by atoms with Gasteiger partial charge in [-0.1, -0.05) is 49.4 Å². The van der Waals surface area contributed by atoms with Gasteiger partial charge in [-0.15, -0.1) is 0 Å². The third-order valence-corrected chi connectivity index (χ3v) is 3.66. The summed E-state index contributed by atoms with van der Waals surface area (Å²) in [6, 6.07) is 15.9. The Kier molecular flexibility index (Phi) is 3.93. The molecule has 3 aromatic rings. The molecule has 0 saturated carbocycles. The summed E-state index contributed by atoms with van der Waals surface area (Å²) in [5, 5.41) is 5.68. The highest BCUT2D eigenvalue weighted by molar-refractivity contribution is 5.86. The molecule has 106 valence electrons. The maximum atomic E-state index is 14.1. The van der Waals surface area contributed by atoms with Crippen LogP contribution in [0.5, 0.6) is 0 Å². The molecule has 0 amide bonds. The van der Waals surface area contributed by atoms with Gasteiger partial charge >= 0.3 is 0 Å². The quantitative estimate of drug-likeness (QED) is 0.779. The molecule has 1 heterocycles. The van der Waals surface area contributed by atoms with E-state index in [1.165, 1.54) is 6.20 Å². The number of fused-ring (bicyclic) bond motifs is 1. The van der Waals surface area contributed by atoms with Gasteiger partial charge in [0, 0.05) is 11.8 Å². The minimum absolute atomic E-state index is 0.177. The normalized spacial score (nSPS) is 12.5. The summed E-state index contributed by atoms with van der Waals surface area (Å²) in [5.74, 6) is -0.281. The smallest absolute Gasteiger partial charge is 0.146 e. The summed E-state index contributed by atoms with van der Waals surface area (Å²) < 4.78 is 14.1. The molecule has 0 fully saturated rings. The van der Waals surface area contributed by atoms with Gasteiger partial charge in [0.25, 0.3) is 0 Å². The van der Waals surface area contributed by atoms with Gasteiger partial charge in [-0.2, -0.15) is 0 Å². The first kappa shape index (κ1) is 13.7. The Bertz CT molecular complexity index is 750. The lowest BCUT2D eigenvalue weighted by Gasteiger charge is -2.21. The second kappa shape index (κ2) is 6.02. The zero-order valence-electron chi connectivity index (χ0n) is 11.9. The lowest BCUT2D eigenvalue weighted by Crippen LogP contribution is -2.23. The van der Waals surface area contributed by atoms with Crippen molar-refractivity contribution in [3.63, 3.8) is 0 Å². The van der Waals surface area contributed by atoms with E-state index in [4.69, 9.17) is 0 Å². The molecule has 1 unspecified atom stereocenters. The van der Waals surface area contributed by atoms with E-state index in [0.717, 1.165) is 22.9 Å². The Balaban J connectivity index is 2.19. The van der Waals surface area contributed by atoms with Crippen molar-refractivity contribution in [1.29, 1.82) is 0 Å². The highest BCUT2D eigenvalue weighted by atomic mass is 19.1. The zero-order valence-corrected chi connectivity index (χ0v) is 11.9. The number of pyridine rings is 1. The van der Waals surface area contributed by atoms with Crippen molar-refractivity contribution in [2.75, 3.05) is 6.54 Å². The first-order valence-corrected chi connectivity index (χ1v) is 7.11. The summed E-state index contributed by atoms with van der Waals surface area (Å²) in [4.78, 5) is 3.84. The molecule has 21 heavy (non-hydrogen) atoms. The van der Waals surface area contributed by atoms with E-state index in [2.05, 4.69) is 34.6 Å².